The third-order valence-corrected chi connectivity index (χ3v) is 4.95. The Morgan fingerprint density at radius 2 is 2.08 bits per heavy atom. The fraction of sp³-hybridized carbons (Fsp3) is 0.688. The van der Waals surface area contributed by atoms with Crippen LogP contribution in [0.25, 0.3) is 11.2 Å². The zero-order valence-electron chi connectivity index (χ0n) is 14.3. The first-order valence-corrected chi connectivity index (χ1v) is 8.49. The number of aromatic nitrogens is 4. The summed E-state index contributed by atoms with van der Waals surface area (Å²) < 4.78 is 14.5. The molecule has 8 nitrogen and oxygen atoms in total. The van der Waals surface area contributed by atoms with Crippen molar-refractivity contribution in [1.29, 1.82) is 0 Å². The molecular formula is C16H24N6O2. The maximum Gasteiger partial charge on any atom is 0.165 e. The second kappa shape index (κ2) is 5.65. The van der Waals surface area contributed by atoms with Crippen LogP contribution in [0.4, 0.5) is 5.82 Å². The molecule has 0 spiro atoms. The van der Waals surface area contributed by atoms with Crippen LogP contribution in [0.2, 0.25) is 0 Å². The molecule has 2 aliphatic rings. The summed E-state index contributed by atoms with van der Waals surface area (Å²) in [5.74, 6) is 0.225. The molecule has 130 valence electrons. The zero-order valence-corrected chi connectivity index (χ0v) is 14.3. The quantitative estimate of drug-likeness (QED) is 0.864. The average molecular weight is 332 g/mol. The van der Waals surface area contributed by atoms with Crippen LogP contribution in [0.5, 0.6) is 0 Å². The van der Waals surface area contributed by atoms with Crippen molar-refractivity contribution in [2.75, 3.05) is 18.8 Å². The molecule has 3 N–H and O–H groups in total. The lowest BCUT2D eigenvalue weighted by Gasteiger charge is -2.24. The van der Waals surface area contributed by atoms with Gasteiger partial charge in [-0.3, -0.25) is 0 Å². The van der Waals surface area contributed by atoms with Gasteiger partial charge in [-0.2, -0.15) is 0 Å². The standard InChI is InChI=1S/C16H24N6O2/c1-4-18-6-9-5-10(13-12(9)23-16(2,3)24-13)22-8-21-11-14(17)19-7-20-15(11)22/h7-10,12-13,18H,4-6H2,1-3H3,(H2,17,19,20)/t9-,10-,12-,13+/m1/s1. The second-order valence-electron chi connectivity index (χ2n) is 7.02. The molecule has 0 unspecified atom stereocenters. The molecule has 24 heavy (non-hydrogen) atoms. The molecule has 1 saturated heterocycles. The van der Waals surface area contributed by atoms with Crippen LogP contribution >= 0.6 is 0 Å². The molecule has 3 heterocycles. The summed E-state index contributed by atoms with van der Waals surface area (Å²) in [4.78, 5) is 12.8. The van der Waals surface area contributed by atoms with E-state index in [-0.39, 0.29) is 18.2 Å². The number of hydrogen-bond acceptors (Lipinski definition) is 7. The van der Waals surface area contributed by atoms with E-state index in [1.165, 1.54) is 6.33 Å². The molecule has 2 fully saturated rings. The number of nitrogens with zero attached hydrogens (tertiary/aromatic N) is 4. The summed E-state index contributed by atoms with van der Waals surface area (Å²) in [7, 11) is 0. The van der Waals surface area contributed by atoms with Gasteiger partial charge in [0.15, 0.2) is 17.3 Å². The summed E-state index contributed by atoms with van der Waals surface area (Å²) in [5.41, 5.74) is 7.31. The molecule has 0 aromatic carbocycles. The van der Waals surface area contributed by atoms with Gasteiger partial charge in [0.2, 0.25) is 0 Å². The molecule has 2 aromatic heterocycles. The van der Waals surface area contributed by atoms with Gasteiger partial charge in [-0.05, 0) is 26.8 Å². The lowest BCUT2D eigenvalue weighted by atomic mass is 10.1. The number of nitrogens with two attached hydrogens (primary N) is 1. The molecule has 0 radical (unpaired) electrons. The van der Waals surface area contributed by atoms with E-state index in [0.29, 0.717) is 17.3 Å². The highest BCUT2D eigenvalue weighted by molar-refractivity contribution is 5.81. The largest absolute Gasteiger partial charge is 0.382 e. The van der Waals surface area contributed by atoms with Crippen molar-refractivity contribution >= 4 is 17.0 Å². The predicted octanol–water partition coefficient (Wildman–Crippen LogP) is 1.10. The summed E-state index contributed by atoms with van der Waals surface area (Å²) in [5, 5.41) is 3.44. The monoisotopic (exact) mass is 332 g/mol. The second-order valence-corrected chi connectivity index (χ2v) is 7.02. The molecule has 1 saturated carbocycles. The minimum absolute atomic E-state index is 0.0164. The number of ether oxygens (including phenoxy) is 2. The number of hydrogen-bond donors (Lipinski definition) is 2. The van der Waals surface area contributed by atoms with Crippen LogP contribution in [0, 0.1) is 5.92 Å². The molecule has 4 rings (SSSR count). The average Bonchev–Trinajstić information content (AvgIpc) is 3.17. The van der Waals surface area contributed by atoms with Crippen molar-refractivity contribution in [3.63, 3.8) is 0 Å². The number of imidazole rings is 1. The van der Waals surface area contributed by atoms with Crippen LogP contribution in [0.15, 0.2) is 12.7 Å². The number of nitrogens with one attached hydrogen (secondary N) is 1. The van der Waals surface area contributed by atoms with E-state index >= 15 is 0 Å². The molecule has 0 amide bonds. The fourth-order valence-electron chi connectivity index (χ4n) is 3.97. The Balaban J connectivity index is 1.70. The van der Waals surface area contributed by atoms with E-state index in [1.807, 2.05) is 13.8 Å². The van der Waals surface area contributed by atoms with E-state index in [0.717, 1.165) is 25.2 Å². The third-order valence-electron chi connectivity index (χ3n) is 4.95. The topological polar surface area (TPSA) is 100 Å². The van der Waals surface area contributed by atoms with E-state index in [9.17, 15) is 0 Å². The van der Waals surface area contributed by atoms with Crippen LogP contribution in [-0.2, 0) is 9.47 Å². The van der Waals surface area contributed by atoms with Gasteiger partial charge in [-0.15, -0.1) is 0 Å². The van der Waals surface area contributed by atoms with Crippen molar-refractivity contribution in [1.82, 2.24) is 24.8 Å². The maximum absolute atomic E-state index is 6.23. The van der Waals surface area contributed by atoms with E-state index < -0.39 is 5.79 Å². The van der Waals surface area contributed by atoms with Crippen LogP contribution in [-0.4, -0.2) is 50.6 Å². The SMILES string of the molecule is CCNC[C@H]1C[C@@H](n2cnc3c(N)ncnc32)[C@@H]2OC(C)(C)O[C@H]12. The third kappa shape index (κ3) is 2.45. The van der Waals surface area contributed by atoms with Crippen molar-refractivity contribution in [2.24, 2.45) is 5.92 Å². The fourth-order valence-corrected chi connectivity index (χ4v) is 3.97. The Bertz CT molecular complexity index is 745. The smallest absolute Gasteiger partial charge is 0.165 e. The predicted molar refractivity (Wildman–Crippen MR) is 89.2 cm³/mol. The van der Waals surface area contributed by atoms with Crippen LogP contribution in [0.3, 0.4) is 0 Å². The Hall–Kier alpha value is -1.77. The van der Waals surface area contributed by atoms with Gasteiger partial charge in [-0.25, -0.2) is 15.0 Å². The van der Waals surface area contributed by atoms with Crippen LogP contribution < -0.4 is 11.1 Å². The molecule has 0 bridgehead atoms. The van der Waals surface area contributed by atoms with E-state index in [2.05, 4.69) is 31.8 Å². The summed E-state index contributed by atoms with van der Waals surface area (Å²) in [6, 6.07) is 0.125. The summed E-state index contributed by atoms with van der Waals surface area (Å²) in [6.45, 7) is 7.92. The molecular weight excluding hydrogens is 308 g/mol. The molecule has 2 aromatic rings. The Morgan fingerprint density at radius 3 is 2.88 bits per heavy atom. The molecule has 1 aliphatic carbocycles. The Morgan fingerprint density at radius 1 is 1.29 bits per heavy atom. The first kappa shape index (κ1) is 15.7. The van der Waals surface area contributed by atoms with Gasteiger partial charge in [0.1, 0.15) is 17.9 Å². The highest BCUT2D eigenvalue weighted by Crippen LogP contribution is 2.47. The van der Waals surface area contributed by atoms with Gasteiger partial charge in [0, 0.05) is 12.5 Å². The maximum atomic E-state index is 6.23. The molecule has 8 heteroatoms. The first-order chi connectivity index (χ1) is 11.5. The minimum Gasteiger partial charge on any atom is -0.382 e. The minimum atomic E-state index is -0.567. The summed E-state index contributed by atoms with van der Waals surface area (Å²) >= 11 is 0. The van der Waals surface area contributed by atoms with E-state index in [4.69, 9.17) is 15.2 Å². The number of anilines is 1. The Labute approximate surface area is 140 Å². The summed E-state index contributed by atoms with van der Waals surface area (Å²) in [6.07, 6.45) is 4.28. The number of nitrogen functional groups attached to an aromatic ring is 1. The lowest BCUT2D eigenvalue weighted by Crippen LogP contribution is -2.32. The lowest BCUT2D eigenvalue weighted by molar-refractivity contribution is -0.160. The van der Waals surface area contributed by atoms with Gasteiger partial charge < -0.3 is 25.1 Å². The van der Waals surface area contributed by atoms with Gasteiger partial charge >= 0.3 is 0 Å². The van der Waals surface area contributed by atoms with Gasteiger partial charge in [0.25, 0.3) is 0 Å². The van der Waals surface area contributed by atoms with Gasteiger partial charge in [-0.1, -0.05) is 6.92 Å². The van der Waals surface area contributed by atoms with Crippen molar-refractivity contribution in [3.8, 4) is 0 Å². The molecule has 1 aliphatic heterocycles. The van der Waals surface area contributed by atoms with E-state index in [1.54, 1.807) is 6.33 Å². The normalized spacial score (nSPS) is 31.6. The number of rotatable bonds is 4. The zero-order chi connectivity index (χ0) is 16.9. The van der Waals surface area contributed by atoms with Crippen LogP contribution in [0.1, 0.15) is 33.2 Å². The first-order valence-electron chi connectivity index (χ1n) is 8.49. The van der Waals surface area contributed by atoms with Crippen molar-refractivity contribution in [2.45, 2.75) is 51.2 Å². The van der Waals surface area contributed by atoms with Crippen molar-refractivity contribution < 1.29 is 9.47 Å². The Kier molecular flexibility index (Phi) is 3.70. The van der Waals surface area contributed by atoms with Crippen molar-refractivity contribution in [3.05, 3.63) is 12.7 Å². The highest BCUT2D eigenvalue weighted by Gasteiger charge is 2.54. The van der Waals surface area contributed by atoms with Gasteiger partial charge in [0.05, 0.1) is 18.5 Å². The number of fused-ring (bicyclic) bond motifs is 2. The highest BCUT2D eigenvalue weighted by atomic mass is 16.8. The molecule has 4 atom stereocenters.